The molecule has 0 aliphatic rings. The SMILES string of the molecule is COc1ccccc1OCCn1cnc2c(c(Br)nn2C)c1=O. The zero-order valence-corrected chi connectivity index (χ0v) is 14.3. The molecule has 0 radical (unpaired) electrons. The van der Waals surface area contributed by atoms with E-state index < -0.39 is 0 Å². The zero-order valence-electron chi connectivity index (χ0n) is 12.7. The van der Waals surface area contributed by atoms with E-state index in [1.54, 1.807) is 18.8 Å². The molecule has 0 amide bonds. The smallest absolute Gasteiger partial charge is 0.265 e. The average molecular weight is 379 g/mol. The first kappa shape index (κ1) is 15.5. The maximum atomic E-state index is 12.5. The van der Waals surface area contributed by atoms with Gasteiger partial charge in [-0.2, -0.15) is 5.10 Å². The maximum Gasteiger partial charge on any atom is 0.265 e. The summed E-state index contributed by atoms with van der Waals surface area (Å²) >= 11 is 3.29. The van der Waals surface area contributed by atoms with E-state index in [1.807, 2.05) is 24.3 Å². The van der Waals surface area contributed by atoms with Crippen LogP contribution in [0, 0.1) is 0 Å². The molecule has 0 spiro atoms. The number of fused-ring (bicyclic) bond motifs is 1. The van der Waals surface area contributed by atoms with E-state index in [2.05, 4.69) is 26.0 Å². The fourth-order valence-corrected chi connectivity index (χ4v) is 2.87. The van der Waals surface area contributed by atoms with Crippen molar-refractivity contribution in [3.63, 3.8) is 0 Å². The minimum atomic E-state index is -0.154. The minimum absolute atomic E-state index is 0.154. The molecule has 0 aliphatic heterocycles. The number of rotatable bonds is 5. The van der Waals surface area contributed by atoms with Crippen LogP contribution >= 0.6 is 15.9 Å². The zero-order chi connectivity index (χ0) is 16.4. The van der Waals surface area contributed by atoms with Gasteiger partial charge < -0.3 is 9.47 Å². The number of halogens is 1. The molecule has 0 N–H and O–H groups in total. The Morgan fingerprint density at radius 1 is 1.26 bits per heavy atom. The third-order valence-corrected chi connectivity index (χ3v) is 3.98. The number of para-hydroxylation sites is 2. The van der Waals surface area contributed by atoms with Gasteiger partial charge in [0.05, 0.1) is 13.7 Å². The molecule has 3 aromatic rings. The van der Waals surface area contributed by atoms with E-state index in [4.69, 9.17) is 9.47 Å². The second-order valence-corrected chi connectivity index (χ2v) is 5.61. The van der Waals surface area contributed by atoms with Crippen LogP contribution in [0.15, 0.2) is 40.0 Å². The van der Waals surface area contributed by atoms with E-state index >= 15 is 0 Å². The lowest BCUT2D eigenvalue weighted by Gasteiger charge is -2.11. The van der Waals surface area contributed by atoms with Crippen molar-refractivity contribution in [1.82, 2.24) is 19.3 Å². The lowest BCUT2D eigenvalue weighted by Crippen LogP contribution is -2.23. The summed E-state index contributed by atoms with van der Waals surface area (Å²) < 4.78 is 14.5. The van der Waals surface area contributed by atoms with E-state index in [9.17, 15) is 4.79 Å². The summed E-state index contributed by atoms with van der Waals surface area (Å²) in [5.41, 5.74) is 0.391. The van der Waals surface area contributed by atoms with Crippen molar-refractivity contribution in [2.24, 2.45) is 7.05 Å². The van der Waals surface area contributed by atoms with Crippen molar-refractivity contribution < 1.29 is 9.47 Å². The van der Waals surface area contributed by atoms with Crippen LogP contribution in [0.2, 0.25) is 0 Å². The molecule has 2 aromatic heterocycles. The quantitative estimate of drug-likeness (QED) is 0.678. The number of aryl methyl sites for hydroxylation is 1. The highest BCUT2D eigenvalue weighted by Crippen LogP contribution is 2.25. The molecule has 7 nitrogen and oxygen atoms in total. The number of ether oxygens (including phenoxy) is 2. The highest BCUT2D eigenvalue weighted by Gasteiger charge is 2.13. The van der Waals surface area contributed by atoms with Crippen LogP contribution in [0.25, 0.3) is 11.0 Å². The topological polar surface area (TPSA) is 71.2 Å². The van der Waals surface area contributed by atoms with E-state index in [0.29, 0.717) is 40.3 Å². The standard InChI is InChI=1S/C15H15BrN4O3/c1-19-14-12(13(16)18-19)15(21)20(9-17-14)7-8-23-11-6-4-3-5-10(11)22-2/h3-6,9H,7-8H2,1-2H3. The second kappa shape index (κ2) is 6.41. The number of aromatic nitrogens is 4. The highest BCUT2D eigenvalue weighted by molar-refractivity contribution is 9.10. The van der Waals surface area contributed by atoms with Gasteiger partial charge in [0.1, 0.15) is 22.9 Å². The Kier molecular flexibility index (Phi) is 4.33. The summed E-state index contributed by atoms with van der Waals surface area (Å²) in [7, 11) is 3.33. The minimum Gasteiger partial charge on any atom is -0.493 e. The molecule has 3 rings (SSSR count). The van der Waals surface area contributed by atoms with Crippen LogP contribution in [0.1, 0.15) is 0 Å². The van der Waals surface area contributed by atoms with E-state index in [1.165, 1.54) is 10.9 Å². The second-order valence-electron chi connectivity index (χ2n) is 4.86. The number of hydrogen-bond donors (Lipinski definition) is 0. The summed E-state index contributed by atoms with van der Waals surface area (Å²) in [5.74, 6) is 1.29. The number of benzene rings is 1. The Hall–Kier alpha value is -2.35. The van der Waals surface area contributed by atoms with Crippen LogP contribution in [0.4, 0.5) is 0 Å². The molecule has 0 atom stereocenters. The van der Waals surface area contributed by atoms with Gasteiger partial charge in [0, 0.05) is 7.05 Å². The van der Waals surface area contributed by atoms with Crippen molar-refractivity contribution in [3.8, 4) is 11.5 Å². The molecule has 2 heterocycles. The lowest BCUT2D eigenvalue weighted by atomic mass is 10.3. The number of nitrogens with zero attached hydrogens (tertiary/aromatic N) is 4. The maximum absolute atomic E-state index is 12.5. The molecule has 0 bridgehead atoms. The van der Waals surface area contributed by atoms with Gasteiger partial charge in [-0.1, -0.05) is 12.1 Å². The fraction of sp³-hybridized carbons (Fsp3) is 0.267. The van der Waals surface area contributed by atoms with Crippen LogP contribution in [-0.2, 0) is 13.6 Å². The molecule has 0 fully saturated rings. The predicted octanol–water partition coefficient (Wildman–Crippen LogP) is 1.98. The highest BCUT2D eigenvalue weighted by atomic mass is 79.9. The number of hydrogen-bond acceptors (Lipinski definition) is 5. The summed E-state index contributed by atoms with van der Waals surface area (Å²) in [6.45, 7) is 0.701. The normalized spacial score (nSPS) is 10.9. The largest absolute Gasteiger partial charge is 0.493 e. The van der Waals surface area contributed by atoms with Gasteiger partial charge in [-0.25, -0.2) is 9.67 Å². The lowest BCUT2D eigenvalue weighted by molar-refractivity contribution is 0.278. The molecule has 0 aliphatic carbocycles. The average Bonchev–Trinajstić information content (AvgIpc) is 2.85. The van der Waals surface area contributed by atoms with Gasteiger partial charge in [-0.3, -0.25) is 9.36 Å². The van der Waals surface area contributed by atoms with Gasteiger partial charge in [0.2, 0.25) is 0 Å². The number of methoxy groups -OCH3 is 1. The Balaban J connectivity index is 1.79. The van der Waals surface area contributed by atoms with Gasteiger partial charge in [0.25, 0.3) is 5.56 Å². The van der Waals surface area contributed by atoms with E-state index in [0.717, 1.165) is 0 Å². The first-order valence-corrected chi connectivity index (χ1v) is 7.74. The predicted molar refractivity (Wildman–Crippen MR) is 89.0 cm³/mol. The van der Waals surface area contributed by atoms with Crippen LogP contribution < -0.4 is 15.0 Å². The molecular weight excluding hydrogens is 364 g/mol. The Morgan fingerprint density at radius 2 is 2.00 bits per heavy atom. The van der Waals surface area contributed by atoms with Crippen LogP contribution in [-0.4, -0.2) is 33.0 Å². The molecule has 120 valence electrons. The molecule has 1 aromatic carbocycles. The monoisotopic (exact) mass is 378 g/mol. The van der Waals surface area contributed by atoms with Crippen LogP contribution in [0.3, 0.4) is 0 Å². The molecule has 0 unspecified atom stereocenters. The summed E-state index contributed by atoms with van der Waals surface area (Å²) in [6, 6.07) is 7.38. The first-order chi connectivity index (χ1) is 11.1. The van der Waals surface area contributed by atoms with Crippen molar-refractivity contribution >= 4 is 27.0 Å². The van der Waals surface area contributed by atoms with Crippen molar-refractivity contribution in [3.05, 3.63) is 45.5 Å². The van der Waals surface area contributed by atoms with Gasteiger partial charge in [-0.05, 0) is 28.1 Å². The van der Waals surface area contributed by atoms with Crippen molar-refractivity contribution in [1.29, 1.82) is 0 Å². The van der Waals surface area contributed by atoms with E-state index in [-0.39, 0.29) is 5.56 Å². The first-order valence-electron chi connectivity index (χ1n) is 6.95. The molecule has 8 heteroatoms. The molecule has 0 saturated heterocycles. The molecule has 23 heavy (non-hydrogen) atoms. The fourth-order valence-electron chi connectivity index (χ4n) is 2.29. The Labute approximate surface area is 140 Å². The Morgan fingerprint density at radius 3 is 2.74 bits per heavy atom. The summed E-state index contributed by atoms with van der Waals surface area (Å²) in [4.78, 5) is 16.8. The third-order valence-electron chi connectivity index (χ3n) is 3.43. The van der Waals surface area contributed by atoms with Crippen LogP contribution in [0.5, 0.6) is 11.5 Å². The van der Waals surface area contributed by atoms with Gasteiger partial charge in [-0.15, -0.1) is 0 Å². The Bertz CT molecular complexity index is 903. The van der Waals surface area contributed by atoms with Gasteiger partial charge in [0.15, 0.2) is 17.1 Å². The molecular formula is C15H15BrN4O3. The van der Waals surface area contributed by atoms with Gasteiger partial charge >= 0.3 is 0 Å². The summed E-state index contributed by atoms with van der Waals surface area (Å²) in [5, 5.41) is 4.62. The van der Waals surface area contributed by atoms with Crippen molar-refractivity contribution in [2.75, 3.05) is 13.7 Å². The third kappa shape index (κ3) is 2.94. The summed E-state index contributed by atoms with van der Waals surface area (Å²) in [6.07, 6.45) is 1.50. The van der Waals surface area contributed by atoms with Crippen molar-refractivity contribution in [2.45, 2.75) is 6.54 Å². The molecule has 0 saturated carbocycles.